The molecule has 149 heavy (non-hydrogen) atoms. The van der Waals surface area contributed by atoms with Crippen molar-refractivity contribution in [3.63, 3.8) is 0 Å². The topological polar surface area (TPSA) is 603 Å². The van der Waals surface area contributed by atoms with E-state index < -0.39 is 223 Å². The summed E-state index contributed by atoms with van der Waals surface area (Å²) in [5.41, 5.74) is 20.7. The van der Waals surface area contributed by atoms with Crippen molar-refractivity contribution in [3.8, 4) is 5.75 Å². The number of ketones is 1. The lowest BCUT2D eigenvalue weighted by molar-refractivity contribution is -0.149. The molecule has 822 valence electrons. The highest BCUT2D eigenvalue weighted by Crippen LogP contribution is 2.30. The Labute approximate surface area is 877 Å². The van der Waals surface area contributed by atoms with Crippen LogP contribution in [0.4, 0.5) is 0 Å². The number of nitrogens with one attached hydrogen (secondary N) is 11. The van der Waals surface area contributed by atoms with Gasteiger partial charge in [-0.3, -0.25) is 81.5 Å². The average molecular weight is 2100 g/mol. The second-order valence-electron chi connectivity index (χ2n) is 40.8. The Kier molecular flexibility index (Phi) is 50.2. The van der Waals surface area contributed by atoms with Gasteiger partial charge in [0.1, 0.15) is 103 Å². The number of hydrogen-bond acceptors (Lipinski definition) is 23. The van der Waals surface area contributed by atoms with Crippen molar-refractivity contribution >= 4 is 140 Å². The summed E-state index contributed by atoms with van der Waals surface area (Å²) in [4.78, 5) is 273. The highest BCUT2D eigenvalue weighted by Gasteiger charge is 2.47. The normalized spacial score (nSPS) is 23.7. The number of carboxylic acids is 1. The lowest BCUT2D eigenvalue weighted by Crippen LogP contribution is -2.62. The zero-order valence-corrected chi connectivity index (χ0v) is 89.3. The van der Waals surface area contributed by atoms with Gasteiger partial charge >= 0.3 is 5.97 Å². The molecule has 0 aliphatic carbocycles. The number of unbranched alkanes of at least 4 members (excludes halogenated alkanes) is 15. The molecule has 0 unspecified atom stereocenters. The number of aromatic nitrogens is 2. The number of hydrogen-bond donors (Lipinski definition) is 17. The average Bonchev–Trinajstić information content (AvgIpc) is 1.77. The molecule has 5 heterocycles. The predicted octanol–water partition coefficient (Wildman–Crippen LogP) is 4.72. The first-order chi connectivity index (χ1) is 71.1. The first-order valence-electron chi connectivity index (χ1n) is 53.0. The molecule has 2 aromatic heterocycles. The van der Waals surface area contributed by atoms with Crippen LogP contribution in [-0.4, -0.2) is 312 Å². The first kappa shape index (κ1) is 122. The fourth-order valence-electron chi connectivity index (χ4n) is 19.5. The number of para-hydroxylation sites is 2. The molecule has 42 heteroatoms. The number of carbonyl (C=O) groups is 18. The zero-order chi connectivity index (χ0) is 109. The van der Waals surface area contributed by atoms with Gasteiger partial charge < -0.3 is 125 Å². The van der Waals surface area contributed by atoms with Crippen LogP contribution in [0.5, 0.6) is 5.75 Å². The van der Waals surface area contributed by atoms with Crippen molar-refractivity contribution in [2.24, 2.45) is 29.0 Å². The SMILES string of the molecule is CCCC[C@H]1C(=O)N(C)[C@@H](CCCC)C(=O)N[C@@H](CC(C)C)C(=O)N[C@H](C(=O)NCCCCCCCCCCCCCCCCC(C)=O)CSCC(=O)N[C@@H](Cc2ccc(O)cc2)C(=O)N(C)[C@@H](C)C(=O)N[C@@H](CC(N)=O)C(=O)N2CCC[C@H]2C(=O)N[C@@H](CN)C(=O)N[C@@H](CC(C)C)C(=O)N2C[C@H](O)C[C@H]2C(=O)N[C@@H](Cc2c[nH]c3ccccc23)C(=O)N[C@@H](CCN)C(=O)N[C@@H](Cc2cn(CC(=O)O)c3ccccc23)C(=O)N1C. The van der Waals surface area contributed by atoms with Gasteiger partial charge in [0.15, 0.2) is 0 Å². The van der Waals surface area contributed by atoms with Crippen LogP contribution in [0.25, 0.3) is 21.8 Å². The van der Waals surface area contributed by atoms with Gasteiger partial charge in [-0.1, -0.05) is 193 Å². The fourth-order valence-corrected chi connectivity index (χ4v) is 20.3. The summed E-state index contributed by atoms with van der Waals surface area (Å²) in [5.74, 6) is -16.4. The number of benzene rings is 3. The van der Waals surface area contributed by atoms with Crippen LogP contribution in [-0.2, 0) is 112 Å². The number of aromatic amines is 1. The quantitative estimate of drug-likeness (QED) is 0.0235. The molecule has 5 aromatic rings. The van der Waals surface area contributed by atoms with Crippen molar-refractivity contribution in [1.82, 2.24) is 87.2 Å². The molecule has 41 nitrogen and oxygen atoms in total. The van der Waals surface area contributed by atoms with Gasteiger partial charge in [-0.05, 0) is 131 Å². The van der Waals surface area contributed by atoms with Crippen LogP contribution in [0.3, 0.4) is 0 Å². The third kappa shape index (κ3) is 37.5. The number of aliphatic carboxylic acids is 1. The van der Waals surface area contributed by atoms with Crippen molar-refractivity contribution in [2.45, 2.75) is 352 Å². The Bertz CT molecular complexity index is 5340. The van der Waals surface area contributed by atoms with Crippen molar-refractivity contribution in [3.05, 3.63) is 102 Å². The van der Waals surface area contributed by atoms with Crippen LogP contribution in [0.2, 0.25) is 0 Å². The zero-order valence-electron chi connectivity index (χ0n) is 88.5. The molecule has 16 amide bonds. The van der Waals surface area contributed by atoms with Crippen LogP contribution < -0.4 is 70.4 Å². The minimum Gasteiger partial charge on any atom is -0.508 e. The second-order valence-corrected chi connectivity index (χ2v) is 41.8. The number of phenolic OH excluding ortho intramolecular Hbond substituents is 1. The highest BCUT2D eigenvalue weighted by atomic mass is 32.2. The van der Waals surface area contributed by atoms with Crippen LogP contribution in [0.1, 0.15) is 252 Å². The summed E-state index contributed by atoms with van der Waals surface area (Å²) in [5, 5.41) is 60.9. The van der Waals surface area contributed by atoms with E-state index in [4.69, 9.17) is 17.2 Å². The molecule has 3 aliphatic heterocycles. The number of aliphatic hydroxyl groups excluding tert-OH is 1. The molecular weight excluding hydrogens is 1930 g/mol. The lowest BCUT2D eigenvalue weighted by Gasteiger charge is -2.36. The maximum absolute atomic E-state index is 16.1. The largest absolute Gasteiger partial charge is 0.508 e. The molecule has 20 N–H and O–H groups in total. The number of phenols is 1. The molecule has 3 aromatic carbocycles. The summed E-state index contributed by atoms with van der Waals surface area (Å²) < 4.78 is 1.46. The van der Waals surface area contributed by atoms with E-state index >= 15 is 43.2 Å². The number of fused-ring (bicyclic) bond motifs is 4. The number of aromatic hydroxyl groups is 1. The number of H-pyrrole nitrogens is 1. The minimum atomic E-state index is -1.75. The monoisotopic (exact) mass is 2100 g/mol. The van der Waals surface area contributed by atoms with Gasteiger partial charge in [0.25, 0.3) is 0 Å². The summed E-state index contributed by atoms with van der Waals surface area (Å²) in [6.45, 7) is 12.1. The number of rotatable bonds is 41. The first-order valence-corrected chi connectivity index (χ1v) is 54.2. The maximum atomic E-state index is 16.1. The Morgan fingerprint density at radius 2 is 1.03 bits per heavy atom. The number of nitrogens with two attached hydrogens (primary N) is 3. The molecule has 0 radical (unpaired) electrons. The molecule has 15 atom stereocenters. The molecule has 3 saturated heterocycles. The summed E-state index contributed by atoms with van der Waals surface area (Å²) in [7, 11) is 4.04. The van der Waals surface area contributed by atoms with Crippen molar-refractivity contribution in [2.75, 3.05) is 65.4 Å². The van der Waals surface area contributed by atoms with E-state index in [1.54, 1.807) is 75.5 Å². The van der Waals surface area contributed by atoms with E-state index in [2.05, 4.69) is 58.2 Å². The third-order valence-electron chi connectivity index (χ3n) is 27.9. The molecule has 8 rings (SSSR count). The molecule has 0 bridgehead atoms. The molecular formula is C107H162N20O21S. The molecule has 3 fully saturated rings. The third-order valence-corrected chi connectivity index (χ3v) is 28.9. The number of nitrogens with zero attached hydrogens (tertiary/aromatic N) is 6. The van der Waals surface area contributed by atoms with E-state index in [9.17, 15) is 58.5 Å². The van der Waals surface area contributed by atoms with E-state index in [1.807, 2.05) is 27.7 Å². The van der Waals surface area contributed by atoms with Crippen LogP contribution in [0.15, 0.2) is 85.2 Å². The Balaban J connectivity index is 1.17. The number of carbonyl (C=O) groups excluding carboxylic acids is 17. The Hall–Kier alpha value is -12.6. The second kappa shape index (κ2) is 61.5. The van der Waals surface area contributed by atoms with E-state index in [0.717, 1.165) is 104 Å². The summed E-state index contributed by atoms with van der Waals surface area (Å²) in [6, 6.07) is -1.35. The Morgan fingerprint density at radius 3 is 1.64 bits per heavy atom. The van der Waals surface area contributed by atoms with Gasteiger partial charge in [0, 0.05) is 119 Å². The maximum Gasteiger partial charge on any atom is 0.323 e. The summed E-state index contributed by atoms with van der Waals surface area (Å²) in [6.07, 6.45) is 16.3. The van der Waals surface area contributed by atoms with E-state index in [-0.39, 0.29) is 119 Å². The van der Waals surface area contributed by atoms with E-state index in [0.29, 0.717) is 77.0 Å². The minimum absolute atomic E-state index is 0.00310. The van der Waals surface area contributed by atoms with E-state index in [1.165, 1.54) is 79.3 Å². The van der Waals surface area contributed by atoms with Crippen LogP contribution >= 0.6 is 11.8 Å². The number of Topliss-reactive ketones (excluding diaryl/α,β-unsaturated/α-hetero) is 1. The summed E-state index contributed by atoms with van der Waals surface area (Å²) >= 11 is 0.922. The van der Waals surface area contributed by atoms with Crippen LogP contribution in [0, 0.1) is 11.8 Å². The van der Waals surface area contributed by atoms with Gasteiger partial charge in [0.05, 0.1) is 18.3 Å². The smallest absolute Gasteiger partial charge is 0.323 e. The number of carboxylic acid groups (broad SMARTS) is 1. The van der Waals surface area contributed by atoms with Gasteiger partial charge in [-0.25, -0.2) is 0 Å². The van der Waals surface area contributed by atoms with Gasteiger partial charge in [0.2, 0.25) is 94.5 Å². The standard InChI is InChI=1S/C107H162N20O21S/c1-12-14-39-87-100(141)115-78(51-65(3)4)97(138)121-85(95(136)111-49-33-27-25-23-21-19-17-16-18-20-22-24-26-28-35-67(7)128)63-149-64-92(132)113-81(53-69-43-45-72(129)46-44-69)103(144)122(9)68(8)94(135)117-83(57-91(110)131)105(146)126-50-34-42-88(126)101(142)120-84(58-109)99(140)118-80(52-66(5)6)106(147)127-61-73(130)56-90(127)102(143)116-79(54-70-59-112-76-38-31-29-36-74(70)76)98(139)114-77(47-48-108)96(137)119-82(104(145)124(11)89(40-15-13-2)107(148)123(87)10)55-71-60-125(62-93(133)134)86-41-32-30-37-75(71)86/h29-32,36-38,41,43-46,59-60,65-66,68,73,77-85,87-90,112,129-130H,12-28,33-35,39-40,42,47-58,61-64,108-109H2,1-11H3,(H2,110,131)(H,111,136)(H,113,132)(H,114,139)(H,115,141)(H,116,143)(H,117,135)(H,118,140)(H,119,137)(H,120,142)(H,121,138)(H,133,134)/t68-,73+,77-,78-,79-,80-,81-,82-,83-,84-,85-,87-,88-,89-,90-/m0/s1. The van der Waals surface area contributed by atoms with Gasteiger partial charge in [-0.15, -0.1) is 11.8 Å². The van der Waals surface area contributed by atoms with Gasteiger partial charge in [-0.2, -0.15) is 0 Å². The number of primary amides is 1. The highest BCUT2D eigenvalue weighted by molar-refractivity contribution is 8.00. The number of likely N-dealkylation sites (N-methyl/N-ethyl adjacent to an activating group) is 3. The molecule has 3 aliphatic rings. The number of thioether (sulfide) groups is 1. The van der Waals surface area contributed by atoms with Crippen molar-refractivity contribution < 1.29 is 102 Å². The Morgan fingerprint density at radius 1 is 0.510 bits per heavy atom. The predicted molar refractivity (Wildman–Crippen MR) is 565 cm³/mol. The molecule has 0 spiro atoms. The fraction of sp³-hybridized carbons (Fsp3) is 0.626. The number of amides is 16. The number of aliphatic hydroxyl groups is 1. The molecule has 0 saturated carbocycles. The lowest BCUT2D eigenvalue weighted by atomic mass is 9.99. The van der Waals surface area contributed by atoms with Crippen molar-refractivity contribution in [1.29, 1.82) is 0 Å².